The number of carbonyl (C=O) groups is 1. The Morgan fingerprint density at radius 3 is 2.59 bits per heavy atom. The summed E-state index contributed by atoms with van der Waals surface area (Å²) in [5, 5.41) is 12.4. The number of pyridine rings is 1. The first-order valence-corrected chi connectivity index (χ1v) is 10.2. The SMILES string of the molecule is CNc1cccc(CCCCCC[C@@H](CC(=O)O)c2cnc3ccccc3n2)n1. The second-order valence-corrected chi connectivity index (χ2v) is 7.30. The largest absolute Gasteiger partial charge is 0.481 e. The van der Waals surface area contributed by atoms with Gasteiger partial charge in [0.25, 0.3) is 0 Å². The molecule has 3 aromatic rings. The minimum atomic E-state index is -0.791. The summed E-state index contributed by atoms with van der Waals surface area (Å²) in [7, 11) is 1.87. The number of hydrogen-bond acceptors (Lipinski definition) is 5. The van der Waals surface area contributed by atoms with Crippen molar-refractivity contribution in [2.24, 2.45) is 0 Å². The van der Waals surface area contributed by atoms with Gasteiger partial charge in [-0.2, -0.15) is 0 Å². The molecule has 0 unspecified atom stereocenters. The Morgan fingerprint density at radius 1 is 1.00 bits per heavy atom. The minimum Gasteiger partial charge on any atom is -0.481 e. The molecule has 0 saturated heterocycles. The molecule has 6 heteroatoms. The van der Waals surface area contributed by atoms with Crippen LogP contribution in [0.4, 0.5) is 5.82 Å². The number of nitrogens with one attached hydrogen (secondary N) is 1. The number of benzene rings is 1. The monoisotopic (exact) mass is 392 g/mol. The van der Waals surface area contributed by atoms with Gasteiger partial charge in [0.15, 0.2) is 0 Å². The highest BCUT2D eigenvalue weighted by Crippen LogP contribution is 2.26. The quantitative estimate of drug-likeness (QED) is 0.455. The zero-order valence-electron chi connectivity index (χ0n) is 16.8. The number of nitrogens with zero attached hydrogens (tertiary/aromatic N) is 3. The number of unbranched alkanes of at least 4 members (excludes halogenated alkanes) is 3. The number of para-hydroxylation sites is 2. The Kier molecular flexibility index (Phi) is 7.50. The third-order valence-electron chi connectivity index (χ3n) is 5.10. The van der Waals surface area contributed by atoms with Crippen LogP contribution in [0.2, 0.25) is 0 Å². The molecule has 0 spiro atoms. The molecule has 0 saturated carbocycles. The summed E-state index contributed by atoms with van der Waals surface area (Å²) >= 11 is 0. The van der Waals surface area contributed by atoms with Gasteiger partial charge in [0.05, 0.1) is 23.1 Å². The van der Waals surface area contributed by atoms with Gasteiger partial charge in [-0.25, -0.2) is 9.97 Å². The van der Waals surface area contributed by atoms with Crippen LogP contribution in [0.25, 0.3) is 11.0 Å². The maximum atomic E-state index is 11.3. The van der Waals surface area contributed by atoms with Crippen molar-refractivity contribution in [1.82, 2.24) is 15.0 Å². The number of aryl methyl sites for hydroxylation is 1. The number of carboxylic acid groups (broad SMARTS) is 1. The molecule has 6 nitrogen and oxygen atoms in total. The topological polar surface area (TPSA) is 88.0 Å². The highest BCUT2D eigenvalue weighted by atomic mass is 16.4. The fraction of sp³-hybridized carbons (Fsp3) is 0.391. The van der Waals surface area contributed by atoms with Crippen molar-refractivity contribution < 1.29 is 9.90 Å². The molecule has 1 atom stereocenters. The van der Waals surface area contributed by atoms with E-state index in [0.717, 1.165) is 66.8 Å². The standard InChI is InChI=1S/C23H28N4O2/c1-24-22-14-8-11-18(26-22)10-5-3-2-4-9-17(15-23(28)29)21-16-25-19-12-6-7-13-20(19)27-21/h6-8,11-14,16-17H,2-5,9-10,15H2,1H3,(H,24,26)(H,28,29)/t17-/m0/s1. The molecule has 1 aromatic carbocycles. The Bertz CT molecular complexity index is 945. The molecule has 0 aliphatic rings. The van der Waals surface area contributed by atoms with Crippen molar-refractivity contribution in [2.75, 3.05) is 12.4 Å². The van der Waals surface area contributed by atoms with Crippen LogP contribution in [0.15, 0.2) is 48.7 Å². The van der Waals surface area contributed by atoms with Crippen molar-refractivity contribution in [3.8, 4) is 0 Å². The normalized spacial score (nSPS) is 12.0. The summed E-state index contributed by atoms with van der Waals surface area (Å²) in [6.45, 7) is 0. The lowest BCUT2D eigenvalue weighted by molar-refractivity contribution is -0.137. The zero-order valence-corrected chi connectivity index (χ0v) is 16.8. The highest BCUT2D eigenvalue weighted by molar-refractivity contribution is 5.74. The molecule has 29 heavy (non-hydrogen) atoms. The average molecular weight is 393 g/mol. The lowest BCUT2D eigenvalue weighted by atomic mass is 9.94. The predicted octanol–water partition coefficient (Wildman–Crippen LogP) is 4.82. The van der Waals surface area contributed by atoms with Gasteiger partial charge < -0.3 is 10.4 Å². The molecule has 0 bridgehead atoms. The molecule has 0 amide bonds. The van der Waals surface area contributed by atoms with E-state index < -0.39 is 5.97 Å². The van der Waals surface area contributed by atoms with Crippen LogP contribution in [0.5, 0.6) is 0 Å². The van der Waals surface area contributed by atoms with Crippen LogP contribution in [0.3, 0.4) is 0 Å². The summed E-state index contributed by atoms with van der Waals surface area (Å²) in [5.74, 6) is 0.00883. The predicted molar refractivity (Wildman–Crippen MR) is 115 cm³/mol. The van der Waals surface area contributed by atoms with Crippen LogP contribution < -0.4 is 5.32 Å². The molecular formula is C23H28N4O2. The first-order valence-electron chi connectivity index (χ1n) is 10.2. The van der Waals surface area contributed by atoms with E-state index in [9.17, 15) is 9.90 Å². The second kappa shape index (κ2) is 10.5. The minimum absolute atomic E-state index is 0.0910. The van der Waals surface area contributed by atoms with Gasteiger partial charge in [-0.1, -0.05) is 37.5 Å². The van der Waals surface area contributed by atoms with Gasteiger partial charge in [-0.15, -0.1) is 0 Å². The van der Waals surface area contributed by atoms with Gasteiger partial charge in [0.1, 0.15) is 5.82 Å². The summed E-state index contributed by atoms with van der Waals surface area (Å²) in [6.07, 6.45) is 7.84. The van der Waals surface area contributed by atoms with Gasteiger partial charge in [0.2, 0.25) is 0 Å². The van der Waals surface area contributed by atoms with E-state index in [1.807, 2.05) is 43.4 Å². The molecule has 0 radical (unpaired) electrons. The Balaban J connectivity index is 1.49. The van der Waals surface area contributed by atoms with Crippen molar-refractivity contribution in [1.29, 1.82) is 0 Å². The first kappa shape index (κ1) is 20.7. The average Bonchev–Trinajstić information content (AvgIpc) is 2.74. The summed E-state index contributed by atoms with van der Waals surface area (Å²) in [5.41, 5.74) is 3.53. The Hall–Kier alpha value is -3.02. The van der Waals surface area contributed by atoms with Gasteiger partial charge in [0, 0.05) is 24.9 Å². The molecule has 3 rings (SSSR count). The van der Waals surface area contributed by atoms with E-state index in [1.54, 1.807) is 6.20 Å². The van der Waals surface area contributed by atoms with Crippen molar-refractivity contribution >= 4 is 22.8 Å². The van der Waals surface area contributed by atoms with Crippen LogP contribution in [-0.2, 0) is 11.2 Å². The summed E-state index contributed by atoms with van der Waals surface area (Å²) in [6, 6.07) is 13.7. The lowest BCUT2D eigenvalue weighted by Gasteiger charge is -2.14. The van der Waals surface area contributed by atoms with Gasteiger partial charge in [-0.05, 0) is 43.5 Å². The number of hydrogen-bond donors (Lipinski definition) is 2. The maximum absolute atomic E-state index is 11.3. The second-order valence-electron chi connectivity index (χ2n) is 7.30. The summed E-state index contributed by atoms with van der Waals surface area (Å²) in [4.78, 5) is 25.0. The molecule has 152 valence electrons. The smallest absolute Gasteiger partial charge is 0.304 e. The fourth-order valence-corrected chi connectivity index (χ4v) is 3.54. The van der Waals surface area contributed by atoms with Crippen LogP contribution in [0.1, 0.15) is 55.8 Å². The number of aliphatic carboxylic acids is 1. The number of anilines is 1. The van der Waals surface area contributed by atoms with E-state index in [-0.39, 0.29) is 12.3 Å². The van der Waals surface area contributed by atoms with E-state index in [2.05, 4.69) is 26.3 Å². The molecule has 0 aliphatic heterocycles. The molecule has 2 N–H and O–H groups in total. The number of aromatic nitrogens is 3. The van der Waals surface area contributed by atoms with Gasteiger partial charge in [-0.3, -0.25) is 9.78 Å². The molecule has 0 aliphatic carbocycles. The summed E-state index contributed by atoms with van der Waals surface area (Å²) < 4.78 is 0. The van der Waals surface area contributed by atoms with E-state index >= 15 is 0 Å². The number of rotatable bonds is 11. The van der Waals surface area contributed by atoms with Crippen molar-refractivity contribution in [3.05, 3.63) is 60.0 Å². The van der Waals surface area contributed by atoms with E-state index in [0.29, 0.717) is 0 Å². The fourth-order valence-electron chi connectivity index (χ4n) is 3.54. The maximum Gasteiger partial charge on any atom is 0.304 e. The Labute approximate surface area is 171 Å². The van der Waals surface area contributed by atoms with E-state index in [1.165, 1.54) is 0 Å². The van der Waals surface area contributed by atoms with Crippen molar-refractivity contribution in [3.63, 3.8) is 0 Å². The number of fused-ring (bicyclic) bond motifs is 1. The van der Waals surface area contributed by atoms with Gasteiger partial charge >= 0.3 is 5.97 Å². The number of carboxylic acids is 1. The molecule has 0 fully saturated rings. The Morgan fingerprint density at radius 2 is 1.79 bits per heavy atom. The third kappa shape index (κ3) is 6.24. The van der Waals surface area contributed by atoms with Crippen LogP contribution in [-0.4, -0.2) is 33.1 Å². The lowest BCUT2D eigenvalue weighted by Crippen LogP contribution is -2.09. The van der Waals surface area contributed by atoms with Crippen LogP contribution in [0, 0.1) is 0 Å². The van der Waals surface area contributed by atoms with Crippen molar-refractivity contribution in [2.45, 2.75) is 50.9 Å². The zero-order chi connectivity index (χ0) is 20.5. The molecular weight excluding hydrogens is 364 g/mol. The van der Waals surface area contributed by atoms with Crippen LogP contribution >= 0.6 is 0 Å². The molecule has 2 heterocycles. The first-order chi connectivity index (χ1) is 14.2. The third-order valence-corrected chi connectivity index (χ3v) is 5.10. The highest BCUT2D eigenvalue weighted by Gasteiger charge is 2.17. The molecule has 2 aromatic heterocycles. The van der Waals surface area contributed by atoms with E-state index in [4.69, 9.17) is 0 Å².